The lowest BCUT2D eigenvalue weighted by atomic mass is 10.3. The molecule has 0 fully saturated rings. The van der Waals surface area contributed by atoms with Crippen LogP contribution in [0.5, 0.6) is 5.75 Å². The van der Waals surface area contributed by atoms with Crippen molar-refractivity contribution in [1.29, 1.82) is 0 Å². The molecule has 3 aromatic rings. The zero-order chi connectivity index (χ0) is 19.4. The zero-order valence-electron chi connectivity index (χ0n) is 14.9. The van der Waals surface area contributed by atoms with Gasteiger partial charge in [-0.2, -0.15) is 0 Å². The van der Waals surface area contributed by atoms with Crippen molar-refractivity contribution in [1.82, 2.24) is 9.38 Å². The monoisotopic (exact) mass is 403 g/mol. The van der Waals surface area contributed by atoms with Gasteiger partial charge >= 0.3 is 0 Å². The number of aromatic nitrogens is 2. The van der Waals surface area contributed by atoms with Crippen LogP contribution in [-0.2, 0) is 10.5 Å². The van der Waals surface area contributed by atoms with Crippen molar-refractivity contribution in [2.24, 2.45) is 0 Å². The molecule has 0 saturated heterocycles. The van der Waals surface area contributed by atoms with Gasteiger partial charge in [0.05, 0.1) is 24.2 Å². The molecule has 0 radical (unpaired) electrons. The quantitative estimate of drug-likeness (QED) is 0.681. The Morgan fingerprint density at radius 2 is 2.15 bits per heavy atom. The standard InChI is InChI=1S/C19H18ClN3O3S/c1-12-4-3-7-23-18(25)9-14(21-19(12)23)10-27-11-17(24)22-15-8-13(20)5-6-16(15)26-2/h3-9H,10-11H2,1-2H3,(H,22,24). The van der Waals surface area contributed by atoms with Gasteiger partial charge in [-0.05, 0) is 36.8 Å². The number of benzene rings is 1. The van der Waals surface area contributed by atoms with Crippen LogP contribution in [0.25, 0.3) is 5.65 Å². The van der Waals surface area contributed by atoms with Crippen LogP contribution in [0.15, 0.2) is 47.4 Å². The molecule has 3 rings (SSSR count). The average molecular weight is 404 g/mol. The second-order valence-corrected chi connectivity index (χ2v) is 7.28. The first-order valence-corrected chi connectivity index (χ1v) is 9.70. The highest BCUT2D eigenvalue weighted by molar-refractivity contribution is 7.99. The van der Waals surface area contributed by atoms with E-state index in [1.807, 2.05) is 19.1 Å². The molecule has 2 aromatic heterocycles. The summed E-state index contributed by atoms with van der Waals surface area (Å²) < 4.78 is 6.73. The lowest BCUT2D eigenvalue weighted by Crippen LogP contribution is -2.17. The fraction of sp³-hybridized carbons (Fsp3) is 0.211. The van der Waals surface area contributed by atoms with Crippen molar-refractivity contribution >= 4 is 40.6 Å². The Hall–Kier alpha value is -2.51. The maximum absolute atomic E-state index is 12.2. The Labute approximate surface area is 165 Å². The summed E-state index contributed by atoms with van der Waals surface area (Å²) in [4.78, 5) is 28.9. The van der Waals surface area contributed by atoms with Crippen LogP contribution < -0.4 is 15.6 Å². The molecular formula is C19H18ClN3O3S. The molecule has 27 heavy (non-hydrogen) atoms. The third-order valence-electron chi connectivity index (χ3n) is 3.86. The van der Waals surface area contributed by atoms with E-state index in [-0.39, 0.29) is 17.2 Å². The Bertz CT molecular complexity index is 1050. The topological polar surface area (TPSA) is 72.7 Å². The first kappa shape index (κ1) is 19.3. The highest BCUT2D eigenvalue weighted by atomic mass is 35.5. The number of aryl methyl sites for hydroxylation is 1. The molecule has 0 unspecified atom stereocenters. The molecule has 8 heteroatoms. The van der Waals surface area contributed by atoms with E-state index in [1.165, 1.54) is 29.3 Å². The van der Waals surface area contributed by atoms with Crippen LogP contribution in [0.3, 0.4) is 0 Å². The number of pyridine rings is 1. The van der Waals surface area contributed by atoms with E-state index in [4.69, 9.17) is 16.3 Å². The molecule has 1 amide bonds. The maximum Gasteiger partial charge on any atom is 0.258 e. The maximum atomic E-state index is 12.2. The molecule has 140 valence electrons. The van der Waals surface area contributed by atoms with Gasteiger partial charge in [-0.1, -0.05) is 17.7 Å². The number of nitrogens with zero attached hydrogens (tertiary/aromatic N) is 2. The second-order valence-electron chi connectivity index (χ2n) is 5.86. The molecular weight excluding hydrogens is 386 g/mol. The Morgan fingerprint density at radius 1 is 1.33 bits per heavy atom. The van der Waals surface area contributed by atoms with Gasteiger partial charge in [0.15, 0.2) is 0 Å². The van der Waals surface area contributed by atoms with Gasteiger partial charge in [-0.3, -0.25) is 14.0 Å². The number of rotatable bonds is 6. The van der Waals surface area contributed by atoms with Crippen LogP contribution in [-0.4, -0.2) is 28.2 Å². The smallest absolute Gasteiger partial charge is 0.258 e. The summed E-state index contributed by atoms with van der Waals surface area (Å²) in [6.45, 7) is 1.91. The largest absolute Gasteiger partial charge is 0.495 e. The number of methoxy groups -OCH3 is 1. The minimum absolute atomic E-state index is 0.132. The highest BCUT2D eigenvalue weighted by Gasteiger charge is 2.10. The fourth-order valence-electron chi connectivity index (χ4n) is 2.60. The van der Waals surface area contributed by atoms with E-state index in [0.717, 1.165) is 5.56 Å². The van der Waals surface area contributed by atoms with Crippen molar-refractivity contribution in [2.75, 3.05) is 18.2 Å². The van der Waals surface area contributed by atoms with Gasteiger partial charge < -0.3 is 10.1 Å². The molecule has 0 atom stereocenters. The van der Waals surface area contributed by atoms with Crippen molar-refractivity contribution < 1.29 is 9.53 Å². The fourth-order valence-corrected chi connectivity index (χ4v) is 3.48. The lowest BCUT2D eigenvalue weighted by Gasteiger charge is -2.10. The normalized spacial score (nSPS) is 10.8. The number of carbonyl (C=O) groups excluding carboxylic acids is 1. The number of thioether (sulfide) groups is 1. The minimum atomic E-state index is -0.186. The van der Waals surface area contributed by atoms with Gasteiger partial charge in [0.1, 0.15) is 11.4 Å². The summed E-state index contributed by atoms with van der Waals surface area (Å²) in [7, 11) is 1.53. The number of ether oxygens (including phenoxy) is 1. The summed E-state index contributed by atoms with van der Waals surface area (Å²) >= 11 is 7.34. The summed E-state index contributed by atoms with van der Waals surface area (Å²) in [6, 6.07) is 10.2. The van der Waals surface area contributed by atoms with E-state index < -0.39 is 0 Å². The number of hydrogen-bond acceptors (Lipinski definition) is 5. The van der Waals surface area contributed by atoms with Gasteiger partial charge in [0, 0.05) is 23.0 Å². The summed E-state index contributed by atoms with van der Waals surface area (Å²) in [5.41, 5.74) is 2.59. The Morgan fingerprint density at radius 3 is 2.93 bits per heavy atom. The first-order valence-electron chi connectivity index (χ1n) is 8.17. The third kappa shape index (κ3) is 4.61. The SMILES string of the molecule is COc1ccc(Cl)cc1NC(=O)CSCc1cc(=O)n2cccc(C)c2n1. The Kier molecular flexibility index (Phi) is 6.03. The lowest BCUT2D eigenvalue weighted by molar-refractivity contribution is -0.113. The van der Waals surface area contributed by atoms with Gasteiger partial charge in [0.2, 0.25) is 5.91 Å². The molecule has 0 aliphatic heterocycles. The molecule has 0 saturated carbocycles. The number of anilines is 1. The van der Waals surface area contributed by atoms with Gasteiger partial charge in [0.25, 0.3) is 5.56 Å². The molecule has 1 aromatic carbocycles. The van der Waals surface area contributed by atoms with Crippen LogP contribution in [0, 0.1) is 6.92 Å². The number of carbonyl (C=O) groups is 1. The number of amides is 1. The van der Waals surface area contributed by atoms with E-state index in [2.05, 4.69) is 10.3 Å². The van der Waals surface area contributed by atoms with Crippen molar-refractivity contribution in [3.05, 3.63) is 69.2 Å². The van der Waals surface area contributed by atoms with Crippen LogP contribution in [0.1, 0.15) is 11.3 Å². The number of hydrogen-bond donors (Lipinski definition) is 1. The third-order valence-corrected chi connectivity index (χ3v) is 5.06. The molecule has 0 aliphatic carbocycles. The molecule has 1 N–H and O–H groups in total. The van der Waals surface area contributed by atoms with E-state index in [1.54, 1.807) is 24.4 Å². The molecule has 0 aliphatic rings. The number of halogens is 1. The van der Waals surface area contributed by atoms with E-state index in [0.29, 0.717) is 33.6 Å². The summed E-state index contributed by atoms with van der Waals surface area (Å²) in [6.07, 6.45) is 1.69. The predicted octanol–water partition coefficient (Wildman–Crippen LogP) is 3.54. The molecule has 6 nitrogen and oxygen atoms in total. The van der Waals surface area contributed by atoms with Gasteiger partial charge in [-0.15, -0.1) is 11.8 Å². The second kappa shape index (κ2) is 8.45. The summed E-state index contributed by atoms with van der Waals surface area (Å²) in [5, 5.41) is 3.29. The van der Waals surface area contributed by atoms with E-state index >= 15 is 0 Å². The van der Waals surface area contributed by atoms with Crippen LogP contribution >= 0.6 is 23.4 Å². The van der Waals surface area contributed by atoms with E-state index in [9.17, 15) is 9.59 Å². The van der Waals surface area contributed by atoms with Crippen LogP contribution in [0.4, 0.5) is 5.69 Å². The summed E-state index contributed by atoms with van der Waals surface area (Å²) in [5.74, 6) is 1.02. The van der Waals surface area contributed by atoms with Gasteiger partial charge in [-0.25, -0.2) is 4.98 Å². The van der Waals surface area contributed by atoms with Crippen molar-refractivity contribution in [2.45, 2.75) is 12.7 Å². The number of nitrogens with one attached hydrogen (secondary N) is 1. The average Bonchev–Trinajstić information content (AvgIpc) is 2.63. The van der Waals surface area contributed by atoms with Crippen LogP contribution in [0.2, 0.25) is 5.02 Å². The number of fused-ring (bicyclic) bond motifs is 1. The molecule has 0 bridgehead atoms. The molecule has 0 spiro atoms. The predicted molar refractivity (Wildman–Crippen MR) is 109 cm³/mol. The highest BCUT2D eigenvalue weighted by Crippen LogP contribution is 2.27. The van der Waals surface area contributed by atoms with Crippen molar-refractivity contribution in [3.63, 3.8) is 0 Å². The van der Waals surface area contributed by atoms with Crippen molar-refractivity contribution in [3.8, 4) is 5.75 Å². The zero-order valence-corrected chi connectivity index (χ0v) is 16.4. The molecule has 2 heterocycles. The first-order chi connectivity index (χ1) is 13.0. The Balaban J connectivity index is 1.64. The minimum Gasteiger partial charge on any atom is -0.495 e.